The normalized spacial score (nSPS) is 12.2. The molecule has 1 unspecified atom stereocenters. The van der Waals surface area contributed by atoms with Crippen LogP contribution in [0.1, 0.15) is 40.0 Å². The first-order chi connectivity index (χ1) is 8.58. The van der Waals surface area contributed by atoms with Crippen molar-refractivity contribution in [1.29, 1.82) is 0 Å². The molecule has 1 heterocycles. The van der Waals surface area contributed by atoms with Gasteiger partial charge in [-0.2, -0.15) is 9.97 Å². The van der Waals surface area contributed by atoms with Crippen LogP contribution in [0, 0.1) is 0 Å². The van der Waals surface area contributed by atoms with Crippen molar-refractivity contribution in [3.8, 4) is 0 Å². The lowest BCUT2D eigenvalue weighted by Gasteiger charge is -2.26. The van der Waals surface area contributed by atoms with Gasteiger partial charge in [-0.25, -0.2) is 0 Å². The van der Waals surface area contributed by atoms with E-state index in [9.17, 15) is 0 Å². The zero-order valence-electron chi connectivity index (χ0n) is 11.9. The van der Waals surface area contributed by atoms with Crippen LogP contribution in [0.3, 0.4) is 0 Å². The van der Waals surface area contributed by atoms with Gasteiger partial charge in [0, 0.05) is 25.7 Å². The van der Waals surface area contributed by atoms with Gasteiger partial charge < -0.3 is 16.0 Å². The maximum Gasteiger partial charge on any atom is 0.223 e. The number of rotatable bonds is 7. The third kappa shape index (κ3) is 4.05. The van der Waals surface area contributed by atoms with Crippen LogP contribution in [-0.4, -0.2) is 29.6 Å². The minimum atomic E-state index is 0.321. The third-order valence-electron chi connectivity index (χ3n) is 3.02. The number of nitrogen functional groups attached to an aromatic ring is 1. The minimum Gasteiger partial charge on any atom is -0.370 e. The van der Waals surface area contributed by atoms with Crippen molar-refractivity contribution < 1.29 is 0 Å². The fourth-order valence-electron chi connectivity index (χ4n) is 1.81. The zero-order valence-corrected chi connectivity index (χ0v) is 11.9. The summed E-state index contributed by atoms with van der Waals surface area (Å²) in [5, 5.41) is 3.24. The van der Waals surface area contributed by atoms with E-state index >= 15 is 0 Å². The van der Waals surface area contributed by atoms with Gasteiger partial charge in [-0.15, -0.1) is 0 Å². The molecule has 0 saturated heterocycles. The van der Waals surface area contributed by atoms with Gasteiger partial charge in [0.25, 0.3) is 0 Å². The first-order valence-electron chi connectivity index (χ1n) is 6.69. The molecule has 5 heteroatoms. The molecule has 0 spiro atoms. The van der Waals surface area contributed by atoms with Crippen LogP contribution in [0.15, 0.2) is 6.07 Å². The molecule has 0 aliphatic carbocycles. The molecule has 1 aromatic heterocycles. The Balaban J connectivity index is 2.84. The van der Waals surface area contributed by atoms with Gasteiger partial charge in [-0.05, 0) is 19.8 Å². The molecule has 0 fully saturated rings. The van der Waals surface area contributed by atoms with E-state index in [0.29, 0.717) is 12.0 Å². The first-order valence-corrected chi connectivity index (χ1v) is 6.69. The van der Waals surface area contributed by atoms with Crippen LogP contribution >= 0.6 is 0 Å². The number of aromatic nitrogens is 2. The van der Waals surface area contributed by atoms with Crippen molar-refractivity contribution in [2.24, 2.45) is 0 Å². The highest BCUT2D eigenvalue weighted by molar-refractivity contribution is 5.52. The predicted molar refractivity (Wildman–Crippen MR) is 78.0 cm³/mol. The average Bonchev–Trinajstić information content (AvgIpc) is 2.35. The van der Waals surface area contributed by atoms with Gasteiger partial charge in [-0.3, -0.25) is 0 Å². The van der Waals surface area contributed by atoms with Crippen molar-refractivity contribution in [1.82, 2.24) is 9.97 Å². The number of nitrogens with zero attached hydrogens (tertiary/aromatic N) is 3. The molecule has 0 aliphatic heterocycles. The number of nitrogens with one attached hydrogen (secondary N) is 1. The number of hydrogen-bond donors (Lipinski definition) is 2. The topological polar surface area (TPSA) is 67.1 Å². The van der Waals surface area contributed by atoms with E-state index < -0.39 is 0 Å². The van der Waals surface area contributed by atoms with E-state index in [1.54, 1.807) is 0 Å². The highest BCUT2D eigenvalue weighted by atomic mass is 15.2. The number of anilines is 3. The van der Waals surface area contributed by atoms with Crippen molar-refractivity contribution in [3.63, 3.8) is 0 Å². The first kappa shape index (κ1) is 14.5. The summed E-state index contributed by atoms with van der Waals surface area (Å²) in [5.41, 5.74) is 5.75. The molecule has 0 aromatic carbocycles. The Morgan fingerprint density at radius 2 is 2.06 bits per heavy atom. The second-order valence-electron chi connectivity index (χ2n) is 4.64. The maximum absolute atomic E-state index is 5.75. The van der Waals surface area contributed by atoms with E-state index in [1.165, 1.54) is 0 Å². The van der Waals surface area contributed by atoms with Crippen LogP contribution in [0.2, 0.25) is 0 Å². The Labute approximate surface area is 110 Å². The van der Waals surface area contributed by atoms with Crippen molar-refractivity contribution in [3.05, 3.63) is 6.07 Å². The summed E-state index contributed by atoms with van der Waals surface area (Å²) < 4.78 is 0. The van der Waals surface area contributed by atoms with Gasteiger partial charge in [0.1, 0.15) is 11.6 Å². The Morgan fingerprint density at radius 3 is 2.67 bits per heavy atom. The smallest absolute Gasteiger partial charge is 0.223 e. The van der Waals surface area contributed by atoms with E-state index in [0.717, 1.165) is 37.4 Å². The summed E-state index contributed by atoms with van der Waals surface area (Å²) in [6.45, 7) is 7.39. The van der Waals surface area contributed by atoms with E-state index in [4.69, 9.17) is 5.73 Å². The SMILES string of the molecule is CCCNc1cc(N(C)C(C)CCC)nc(N)n1. The van der Waals surface area contributed by atoms with Crippen LogP contribution in [0.4, 0.5) is 17.6 Å². The monoisotopic (exact) mass is 251 g/mol. The van der Waals surface area contributed by atoms with Crippen molar-refractivity contribution in [2.45, 2.75) is 46.1 Å². The van der Waals surface area contributed by atoms with Crippen LogP contribution in [0.25, 0.3) is 0 Å². The van der Waals surface area contributed by atoms with Crippen LogP contribution in [-0.2, 0) is 0 Å². The fraction of sp³-hybridized carbons (Fsp3) is 0.692. The van der Waals surface area contributed by atoms with Gasteiger partial charge in [0.2, 0.25) is 5.95 Å². The van der Waals surface area contributed by atoms with Crippen molar-refractivity contribution in [2.75, 3.05) is 29.5 Å². The largest absolute Gasteiger partial charge is 0.370 e. The quantitative estimate of drug-likeness (QED) is 0.779. The molecule has 0 saturated carbocycles. The Hall–Kier alpha value is -1.52. The second kappa shape index (κ2) is 7.03. The lowest BCUT2D eigenvalue weighted by atomic mass is 10.2. The summed E-state index contributed by atoms with van der Waals surface area (Å²) in [5.74, 6) is 2.00. The summed E-state index contributed by atoms with van der Waals surface area (Å²) >= 11 is 0. The molecule has 102 valence electrons. The Morgan fingerprint density at radius 1 is 1.33 bits per heavy atom. The van der Waals surface area contributed by atoms with E-state index in [-0.39, 0.29) is 0 Å². The number of hydrogen-bond acceptors (Lipinski definition) is 5. The third-order valence-corrected chi connectivity index (χ3v) is 3.02. The summed E-state index contributed by atoms with van der Waals surface area (Å²) in [4.78, 5) is 10.6. The molecule has 0 aliphatic rings. The molecule has 0 radical (unpaired) electrons. The second-order valence-corrected chi connectivity index (χ2v) is 4.64. The lowest BCUT2D eigenvalue weighted by molar-refractivity contribution is 0.611. The minimum absolute atomic E-state index is 0.321. The van der Waals surface area contributed by atoms with Crippen molar-refractivity contribution >= 4 is 17.6 Å². The highest BCUT2D eigenvalue weighted by Crippen LogP contribution is 2.19. The molecular formula is C13H25N5. The van der Waals surface area contributed by atoms with Gasteiger partial charge in [-0.1, -0.05) is 20.3 Å². The Bertz CT molecular complexity index is 366. The molecule has 1 atom stereocenters. The highest BCUT2D eigenvalue weighted by Gasteiger charge is 2.12. The van der Waals surface area contributed by atoms with Gasteiger partial charge in [0.15, 0.2) is 0 Å². The molecular weight excluding hydrogens is 226 g/mol. The van der Waals surface area contributed by atoms with E-state index in [2.05, 4.69) is 41.0 Å². The predicted octanol–water partition coefficient (Wildman–Crippen LogP) is 2.51. The van der Waals surface area contributed by atoms with E-state index in [1.807, 2.05) is 13.1 Å². The van der Waals surface area contributed by atoms with Gasteiger partial charge >= 0.3 is 0 Å². The van der Waals surface area contributed by atoms with Crippen LogP contribution in [0.5, 0.6) is 0 Å². The summed E-state index contributed by atoms with van der Waals surface area (Å²) in [7, 11) is 2.05. The molecule has 1 rings (SSSR count). The molecule has 3 N–H and O–H groups in total. The molecule has 5 nitrogen and oxygen atoms in total. The zero-order chi connectivity index (χ0) is 13.5. The maximum atomic E-state index is 5.75. The molecule has 0 amide bonds. The molecule has 1 aromatic rings. The Kier molecular flexibility index (Phi) is 5.68. The fourth-order valence-corrected chi connectivity index (χ4v) is 1.81. The molecule has 18 heavy (non-hydrogen) atoms. The number of nitrogens with two attached hydrogens (primary N) is 1. The standard InChI is InChI=1S/C13H25N5/c1-5-7-10(3)18(4)12-9-11(15-8-6-2)16-13(14)17-12/h9-10H,5-8H2,1-4H3,(H3,14,15,16,17). The molecule has 0 bridgehead atoms. The lowest BCUT2D eigenvalue weighted by Crippen LogP contribution is -2.29. The summed E-state index contributed by atoms with van der Waals surface area (Å²) in [6, 6.07) is 2.40. The average molecular weight is 251 g/mol. The van der Waals surface area contributed by atoms with Gasteiger partial charge in [0.05, 0.1) is 0 Å². The summed E-state index contributed by atoms with van der Waals surface area (Å²) in [6.07, 6.45) is 3.35. The van der Waals surface area contributed by atoms with Crippen LogP contribution < -0.4 is 16.0 Å².